The number of nitrogens with zero attached hydrogens (tertiary/aromatic N) is 3. The largest absolute Gasteiger partial charge is 0.372 e. The molecule has 0 fully saturated rings. The van der Waals surface area contributed by atoms with Gasteiger partial charge in [-0.25, -0.2) is 18.7 Å². The Kier molecular flexibility index (Phi) is 12.5. The molecular weight excluding hydrogens is 540 g/mol. The summed E-state index contributed by atoms with van der Waals surface area (Å²) in [4.78, 5) is 37.1. The highest BCUT2D eigenvalue weighted by atomic mass is 19.1. The second-order valence-corrected chi connectivity index (χ2v) is 10.4. The van der Waals surface area contributed by atoms with Crippen molar-refractivity contribution < 1.29 is 23.1 Å². The minimum atomic E-state index is -0.738. The van der Waals surface area contributed by atoms with Gasteiger partial charge in [0.15, 0.2) is 5.82 Å². The number of carbonyl (C=O) groups is 2. The van der Waals surface area contributed by atoms with Gasteiger partial charge in [0.25, 0.3) is 11.8 Å². The topological polar surface area (TPSA) is 110 Å². The second kappa shape index (κ2) is 16.0. The number of nitrogens with two attached hydrogens (primary N) is 1. The van der Waals surface area contributed by atoms with Crippen molar-refractivity contribution >= 4 is 11.8 Å². The zero-order valence-corrected chi connectivity index (χ0v) is 24.8. The summed E-state index contributed by atoms with van der Waals surface area (Å²) >= 11 is 0. The van der Waals surface area contributed by atoms with Crippen LogP contribution in [0.25, 0.3) is 0 Å². The molecule has 2 atom stereocenters. The van der Waals surface area contributed by atoms with Gasteiger partial charge in [-0.1, -0.05) is 20.8 Å². The van der Waals surface area contributed by atoms with Crippen LogP contribution in [0.3, 0.4) is 0 Å². The third-order valence-corrected chi connectivity index (χ3v) is 6.74. The lowest BCUT2D eigenvalue weighted by atomic mass is 9.98. The number of hydrogen-bond donors (Lipinski definition) is 2. The summed E-state index contributed by atoms with van der Waals surface area (Å²) < 4.78 is 33.7. The first-order chi connectivity index (χ1) is 20.1. The van der Waals surface area contributed by atoms with E-state index in [1.165, 1.54) is 12.1 Å². The van der Waals surface area contributed by atoms with Crippen molar-refractivity contribution in [3.8, 4) is 0 Å². The zero-order chi connectivity index (χ0) is 30.6. The van der Waals surface area contributed by atoms with Crippen LogP contribution in [0.5, 0.6) is 0 Å². The van der Waals surface area contributed by atoms with E-state index in [1.807, 2.05) is 33.8 Å². The average molecular weight is 582 g/mol. The zero-order valence-electron chi connectivity index (χ0n) is 24.8. The standard InChI is InChI=1S/C32H41F2N5O3/c1-5-10-39(11-6-2)32(41)24-13-21(4)12-23(17-24)31(40)38-29(16-22-14-25(33)18-26(34)15-22)28(35)19-42-20-30-36-9-8-27(7-3)37-30/h8-9,12-15,17-18,28-29H,5-7,10-11,16,19-20,35H2,1-4H3,(H,38,40)/t28?,29-/m0/s1. The molecule has 8 nitrogen and oxygen atoms in total. The molecular formula is C32H41F2N5O3. The predicted molar refractivity (Wildman–Crippen MR) is 158 cm³/mol. The SMILES string of the molecule is CCCN(CCC)C(=O)c1cc(C)cc(C(=O)N[C@@H](Cc2cc(F)cc(F)c2)C(N)COCc2nccc(CC)n2)c1. The number of nitrogens with one attached hydrogen (secondary N) is 1. The summed E-state index contributed by atoms with van der Waals surface area (Å²) in [5, 5.41) is 2.92. The number of ether oxygens (including phenoxy) is 1. The van der Waals surface area contributed by atoms with Gasteiger partial charge in [0.05, 0.1) is 12.6 Å². The average Bonchev–Trinajstić information content (AvgIpc) is 2.95. The number of hydrogen-bond acceptors (Lipinski definition) is 6. The van der Waals surface area contributed by atoms with Crippen molar-refractivity contribution in [2.24, 2.45) is 5.73 Å². The summed E-state index contributed by atoms with van der Waals surface area (Å²) in [7, 11) is 0. The number of rotatable bonds is 15. The Labute approximate surface area is 246 Å². The third kappa shape index (κ3) is 9.66. The van der Waals surface area contributed by atoms with E-state index in [-0.39, 0.29) is 25.5 Å². The molecule has 2 aromatic carbocycles. The van der Waals surface area contributed by atoms with E-state index in [0.29, 0.717) is 35.6 Å². The number of aryl methyl sites for hydroxylation is 2. The molecule has 0 saturated carbocycles. The van der Waals surface area contributed by atoms with Crippen molar-refractivity contribution in [2.75, 3.05) is 19.7 Å². The highest BCUT2D eigenvalue weighted by molar-refractivity contribution is 6.00. The van der Waals surface area contributed by atoms with Crippen molar-refractivity contribution in [2.45, 2.75) is 72.1 Å². The van der Waals surface area contributed by atoms with Gasteiger partial charge < -0.3 is 20.7 Å². The Balaban J connectivity index is 1.80. The lowest BCUT2D eigenvalue weighted by Gasteiger charge is -2.26. The monoisotopic (exact) mass is 581 g/mol. The number of halogens is 2. The predicted octanol–water partition coefficient (Wildman–Crippen LogP) is 4.77. The normalized spacial score (nSPS) is 12.5. The molecule has 10 heteroatoms. The fourth-order valence-electron chi connectivity index (χ4n) is 4.73. The third-order valence-electron chi connectivity index (χ3n) is 6.74. The smallest absolute Gasteiger partial charge is 0.253 e. The van der Waals surface area contributed by atoms with Crippen LogP contribution in [0, 0.1) is 18.6 Å². The van der Waals surface area contributed by atoms with Gasteiger partial charge in [-0.2, -0.15) is 0 Å². The fraction of sp³-hybridized carbons (Fsp3) is 0.438. The van der Waals surface area contributed by atoms with Crippen LogP contribution in [-0.2, 0) is 24.2 Å². The summed E-state index contributed by atoms with van der Waals surface area (Å²) in [5.41, 5.74) is 9.16. The number of carbonyl (C=O) groups excluding carboxylic acids is 2. The molecule has 0 saturated heterocycles. The number of benzene rings is 2. The number of aromatic nitrogens is 2. The Morgan fingerprint density at radius 1 is 1.00 bits per heavy atom. The first kappa shape index (κ1) is 32.8. The maximum absolute atomic E-state index is 14.0. The van der Waals surface area contributed by atoms with Crippen molar-refractivity contribution in [1.29, 1.82) is 0 Å². The fourth-order valence-corrected chi connectivity index (χ4v) is 4.73. The van der Waals surface area contributed by atoms with E-state index in [1.54, 1.807) is 29.3 Å². The van der Waals surface area contributed by atoms with Gasteiger partial charge >= 0.3 is 0 Å². The maximum atomic E-state index is 14.0. The van der Waals surface area contributed by atoms with Crippen LogP contribution in [0.1, 0.15) is 77.0 Å². The summed E-state index contributed by atoms with van der Waals surface area (Å²) in [6, 6.07) is 8.59. The second-order valence-electron chi connectivity index (χ2n) is 10.4. The molecule has 3 aromatic rings. The molecule has 1 heterocycles. The summed E-state index contributed by atoms with van der Waals surface area (Å²) in [6.07, 6.45) is 4.13. The van der Waals surface area contributed by atoms with Crippen LogP contribution in [0.15, 0.2) is 48.7 Å². The van der Waals surface area contributed by atoms with Crippen LogP contribution < -0.4 is 11.1 Å². The Morgan fingerprint density at radius 2 is 1.67 bits per heavy atom. The van der Waals surface area contributed by atoms with E-state index < -0.39 is 29.6 Å². The van der Waals surface area contributed by atoms with E-state index in [4.69, 9.17) is 10.5 Å². The lowest BCUT2D eigenvalue weighted by Crippen LogP contribution is -2.51. The summed E-state index contributed by atoms with van der Waals surface area (Å²) in [5.74, 6) is -1.53. The molecule has 1 aromatic heterocycles. The van der Waals surface area contributed by atoms with Gasteiger partial charge in [0, 0.05) is 48.2 Å². The first-order valence-corrected chi connectivity index (χ1v) is 14.4. The van der Waals surface area contributed by atoms with Crippen LogP contribution in [-0.4, -0.2) is 58.5 Å². The van der Waals surface area contributed by atoms with Crippen LogP contribution in [0.2, 0.25) is 0 Å². The molecule has 1 unspecified atom stereocenters. The number of amides is 2. The Bertz CT molecular complexity index is 1330. The van der Waals surface area contributed by atoms with Crippen molar-refractivity contribution in [3.05, 3.63) is 94.1 Å². The molecule has 0 spiro atoms. The highest BCUT2D eigenvalue weighted by Crippen LogP contribution is 2.16. The molecule has 42 heavy (non-hydrogen) atoms. The van der Waals surface area contributed by atoms with E-state index >= 15 is 0 Å². The lowest BCUT2D eigenvalue weighted by molar-refractivity contribution is 0.0755. The molecule has 0 bridgehead atoms. The highest BCUT2D eigenvalue weighted by Gasteiger charge is 2.24. The molecule has 3 rings (SSSR count). The van der Waals surface area contributed by atoms with Crippen molar-refractivity contribution in [3.63, 3.8) is 0 Å². The van der Waals surface area contributed by atoms with Crippen LogP contribution >= 0.6 is 0 Å². The van der Waals surface area contributed by atoms with Gasteiger partial charge in [0.1, 0.15) is 18.2 Å². The van der Waals surface area contributed by atoms with Gasteiger partial charge in [-0.05, 0) is 80.1 Å². The van der Waals surface area contributed by atoms with Gasteiger partial charge in [0.2, 0.25) is 0 Å². The molecule has 0 aliphatic rings. The first-order valence-electron chi connectivity index (χ1n) is 14.4. The molecule has 226 valence electrons. The molecule has 0 aliphatic carbocycles. The molecule has 0 radical (unpaired) electrons. The quantitative estimate of drug-likeness (QED) is 0.268. The Morgan fingerprint density at radius 3 is 2.31 bits per heavy atom. The van der Waals surface area contributed by atoms with E-state index in [2.05, 4.69) is 15.3 Å². The van der Waals surface area contributed by atoms with Crippen LogP contribution in [0.4, 0.5) is 8.78 Å². The Hall–Kier alpha value is -3.76. The van der Waals surface area contributed by atoms with E-state index in [9.17, 15) is 18.4 Å². The van der Waals surface area contributed by atoms with E-state index in [0.717, 1.165) is 36.6 Å². The minimum absolute atomic E-state index is 0.0308. The van der Waals surface area contributed by atoms with Gasteiger partial charge in [-0.3, -0.25) is 9.59 Å². The van der Waals surface area contributed by atoms with Crippen molar-refractivity contribution in [1.82, 2.24) is 20.2 Å². The van der Waals surface area contributed by atoms with Gasteiger partial charge in [-0.15, -0.1) is 0 Å². The maximum Gasteiger partial charge on any atom is 0.253 e. The molecule has 0 aliphatic heterocycles. The molecule has 3 N–H and O–H groups in total. The molecule has 2 amide bonds. The summed E-state index contributed by atoms with van der Waals surface area (Å²) in [6.45, 7) is 9.23. The minimum Gasteiger partial charge on any atom is -0.372 e.